The molecule has 0 aliphatic heterocycles. The number of para-hydroxylation sites is 2. The largest absolute Gasteiger partial charge is 0.497 e. The Balaban J connectivity index is 0.000000236. The Kier molecular flexibility index (Phi) is 15.8. The topological polar surface area (TPSA) is 156 Å². The third-order valence-electron chi connectivity index (χ3n) is 9.49. The molecule has 7 aromatic rings. The van der Waals surface area contributed by atoms with Crippen molar-refractivity contribution in [2.24, 2.45) is 0 Å². The molecule has 62 heavy (non-hydrogen) atoms. The number of rotatable bonds is 18. The van der Waals surface area contributed by atoms with Crippen LogP contribution in [0.1, 0.15) is 46.7 Å². The van der Waals surface area contributed by atoms with Crippen molar-refractivity contribution in [3.63, 3.8) is 0 Å². The average molecular weight is 838 g/mol. The minimum atomic E-state index is -1.14. The van der Waals surface area contributed by atoms with Gasteiger partial charge in [-0.15, -0.1) is 0 Å². The molecule has 0 atom stereocenters. The molecule has 1 N–H and O–H groups in total. The van der Waals surface area contributed by atoms with Crippen LogP contribution in [0.25, 0.3) is 11.4 Å². The van der Waals surface area contributed by atoms with Crippen molar-refractivity contribution in [1.29, 1.82) is 0 Å². The van der Waals surface area contributed by atoms with Gasteiger partial charge in [0.05, 0.1) is 54.5 Å². The van der Waals surface area contributed by atoms with Crippen LogP contribution in [0.3, 0.4) is 0 Å². The number of nitrogens with zero attached hydrogens (tertiary/aromatic N) is 7. The Morgan fingerprint density at radius 2 is 1.11 bits per heavy atom. The standard InChI is InChI=1S/C29H30N4O6.C19H21N3O/c1-21-27(31-33(30-21)23-9-4-3-5-10-23)12-7-17-38-26-11-6-8-22(18-26)19-32(20-28(34)35)29(36)39-25-15-13-24(37-2)14-16-25;1-15-8-6-11-18(14-15)23-13-7-12-19-16(2)20-22(21-19)17-9-4-3-5-10-17/h3-6,8-11,13-16,18H,7,12,17,19-20H2,1-2H3,(H,34,35);3-6,8-11,14H,7,12-13H2,1-2H3. The number of hydrogen-bond donors (Lipinski definition) is 1. The summed E-state index contributed by atoms with van der Waals surface area (Å²) in [6, 6.07) is 41.5. The van der Waals surface area contributed by atoms with Gasteiger partial charge in [0.2, 0.25) is 0 Å². The Hall–Kier alpha value is -7.48. The van der Waals surface area contributed by atoms with Crippen molar-refractivity contribution in [2.45, 2.75) is 53.0 Å². The number of aliphatic carboxylic acids is 1. The second-order valence-electron chi connectivity index (χ2n) is 14.4. The summed E-state index contributed by atoms with van der Waals surface area (Å²) in [5.41, 5.74) is 7.61. The Labute approximate surface area is 361 Å². The minimum Gasteiger partial charge on any atom is -0.497 e. The first kappa shape index (κ1) is 44.1. The van der Waals surface area contributed by atoms with Crippen LogP contribution in [0.2, 0.25) is 0 Å². The highest BCUT2D eigenvalue weighted by Crippen LogP contribution is 2.21. The monoisotopic (exact) mass is 837 g/mol. The number of methoxy groups -OCH3 is 1. The van der Waals surface area contributed by atoms with Gasteiger partial charge < -0.3 is 24.1 Å². The number of hydrogen-bond acceptors (Lipinski definition) is 10. The minimum absolute atomic E-state index is 0.0419. The summed E-state index contributed by atoms with van der Waals surface area (Å²) in [6.45, 7) is 6.68. The van der Waals surface area contributed by atoms with Crippen molar-refractivity contribution in [2.75, 3.05) is 26.9 Å². The lowest BCUT2D eigenvalue weighted by Crippen LogP contribution is -2.37. The molecule has 0 aliphatic rings. The van der Waals surface area contributed by atoms with Gasteiger partial charge in [-0.05, 0) is 130 Å². The predicted molar refractivity (Wildman–Crippen MR) is 235 cm³/mol. The molecule has 0 unspecified atom stereocenters. The Morgan fingerprint density at radius 3 is 1.63 bits per heavy atom. The zero-order valence-corrected chi connectivity index (χ0v) is 35.4. The highest BCUT2D eigenvalue weighted by atomic mass is 16.6. The second-order valence-corrected chi connectivity index (χ2v) is 14.4. The van der Waals surface area contributed by atoms with Gasteiger partial charge in [0.15, 0.2) is 0 Å². The number of aryl methyl sites for hydroxylation is 5. The molecule has 0 spiro atoms. The number of ether oxygens (including phenoxy) is 4. The highest BCUT2D eigenvalue weighted by molar-refractivity contribution is 5.78. The van der Waals surface area contributed by atoms with E-state index in [1.165, 1.54) is 12.7 Å². The van der Waals surface area contributed by atoms with Gasteiger partial charge in [-0.3, -0.25) is 9.69 Å². The fraction of sp³-hybridized carbons (Fsp3) is 0.250. The van der Waals surface area contributed by atoms with Crippen LogP contribution in [-0.4, -0.2) is 78.9 Å². The second kappa shape index (κ2) is 22.2. The third kappa shape index (κ3) is 13.3. The smallest absolute Gasteiger partial charge is 0.416 e. The van der Waals surface area contributed by atoms with Crippen LogP contribution in [0.15, 0.2) is 133 Å². The summed E-state index contributed by atoms with van der Waals surface area (Å²) >= 11 is 0. The van der Waals surface area contributed by atoms with E-state index >= 15 is 0 Å². The number of benzene rings is 5. The summed E-state index contributed by atoms with van der Waals surface area (Å²) in [7, 11) is 1.53. The molecule has 7 rings (SSSR count). The molecule has 0 saturated carbocycles. The van der Waals surface area contributed by atoms with Gasteiger partial charge in [-0.25, -0.2) is 4.79 Å². The molecule has 5 aromatic carbocycles. The van der Waals surface area contributed by atoms with Crippen LogP contribution in [0.5, 0.6) is 23.0 Å². The van der Waals surface area contributed by atoms with Crippen molar-refractivity contribution < 1.29 is 33.6 Å². The van der Waals surface area contributed by atoms with Gasteiger partial charge in [-0.2, -0.15) is 30.0 Å². The predicted octanol–water partition coefficient (Wildman–Crippen LogP) is 8.58. The lowest BCUT2D eigenvalue weighted by molar-refractivity contribution is -0.138. The van der Waals surface area contributed by atoms with E-state index in [1.807, 2.05) is 92.7 Å². The lowest BCUT2D eigenvalue weighted by atomic mass is 10.2. The maximum Gasteiger partial charge on any atom is 0.416 e. The normalized spacial score (nSPS) is 10.6. The molecule has 2 heterocycles. The summed E-state index contributed by atoms with van der Waals surface area (Å²) in [4.78, 5) is 28.6. The van der Waals surface area contributed by atoms with E-state index in [9.17, 15) is 14.7 Å². The van der Waals surface area contributed by atoms with E-state index in [2.05, 4.69) is 39.5 Å². The quantitative estimate of drug-likeness (QED) is 0.0827. The summed E-state index contributed by atoms with van der Waals surface area (Å²) in [6.07, 6.45) is 2.46. The van der Waals surface area contributed by atoms with E-state index in [1.54, 1.807) is 52.1 Å². The molecule has 14 nitrogen and oxygen atoms in total. The van der Waals surface area contributed by atoms with Crippen molar-refractivity contribution in [1.82, 2.24) is 34.9 Å². The van der Waals surface area contributed by atoms with Crippen LogP contribution in [-0.2, 0) is 24.2 Å². The molecular weight excluding hydrogens is 787 g/mol. The molecule has 0 fully saturated rings. The number of amides is 1. The highest BCUT2D eigenvalue weighted by Gasteiger charge is 2.20. The molecule has 320 valence electrons. The number of carboxylic acids is 1. The van der Waals surface area contributed by atoms with Crippen LogP contribution >= 0.6 is 0 Å². The SMILES string of the molecule is COc1ccc(OC(=O)N(CC(=O)O)Cc2cccc(OCCCc3nn(-c4ccccc4)nc3C)c2)cc1.Cc1cccc(OCCCc2nn(-c3ccccc3)nc2C)c1. The number of carbonyl (C=O) groups excluding carboxylic acids is 1. The van der Waals surface area contributed by atoms with Gasteiger partial charge in [0.1, 0.15) is 29.5 Å². The van der Waals surface area contributed by atoms with Crippen LogP contribution < -0.4 is 18.9 Å². The fourth-order valence-electron chi connectivity index (χ4n) is 6.31. The van der Waals surface area contributed by atoms with E-state index < -0.39 is 18.6 Å². The van der Waals surface area contributed by atoms with E-state index in [0.717, 1.165) is 64.1 Å². The molecule has 0 aliphatic carbocycles. The number of aromatic nitrogens is 6. The molecule has 14 heteroatoms. The van der Waals surface area contributed by atoms with Crippen molar-refractivity contribution in [3.05, 3.63) is 167 Å². The van der Waals surface area contributed by atoms with Gasteiger partial charge in [0.25, 0.3) is 0 Å². The third-order valence-corrected chi connectivity index (χ3v) is 9.49. The lowest BCUT2D eigenvalue weighted by Gasteiger charge is -2.20. The molecule has 2 aromatic heterocycles. The van der Waals surface area contributed by atoms with Crippen LogP contribution in [0, 0.1) is 20.8 Å². The van der Waals surface area contributed by atoms with Crippen molar-refractivity contribution >= 4 is 12.1 Å². The Morgan fingerprint density at radius 1 is 0.597 bits per heavy atom. The zero-order chi connectivity index (χ0) is 43.7. The maximum atomic E-state index is 12.7. The van der Waals surface area contributed by atoms with Gasteiger partial charge in [-0.1, -0.05) is 60.7 Å². The molecule has 0 bridgehead atoms. The van der Waals surface area contributed by atoms with Gasteiger partial charge in [0, 0.05) is 6.54 Å². The zero-order valence-electron chi connectivity index (χ0n) is 35.4. The van der Waals surface area contributed by atoms with Crippen LogP contribution in [0.4, 0.5) is 4.79 Å². The summed E-state index contributed by atoms with van der Waals surface area (Å²) in [5, 5.41) is 27.5. The molecule has 0 saturated heterocycles. The molecular formula is C48H51N7O7. The Bertz CT molecular complexity index is 2490. The van der Waals surface area contributed by atoms with E-state index in [4.69, 9.17) is 18.9 Å². The molecule has 0 radical (unpaired) electrons. The first-order valence-corrected chi connectivity index (χ1v) is 20.3. The first-order valence-electron chi connectivity index (χ1n) is 20.3. The first-order chi connectivity index (χ1) is 30.1. The molecule has 1 amide bonds. The summed E-state index contributed by atoms with van der Waals surface area (Å²) < 4.78 is 22.2. The number of carbonyl (C=O) groups is 2. The van der Waals surface area contributed by atoms with Crippen molar-refractivity contribution in [3.8, 4) is 34.4 Å². The summed E-state index contributed by atoms with van der Waals surface area (Å²) in [5.74, 6) is 1.30. The number of carboxylic acid groups (broad SMARTS) is 1. The van der Waals surface area contributed by atoms with E-state index in [-0.39, 0.29) is 12.3 Å². The van der Waals surface area contributed by atoms with Gasteiger partial charge >= 0.3 is 12.1 Å². The maximum absolute atomic E-state index is 12.7. The van der Waals surface area contributed by atoms with E-state index in [0.29, 0.717) is 36.7 Å². The average Bonchev–Trinajstić information content (AvgIpc) is 3.85. The fourth-order valence-corrected chi connectivity index (χ4v) is 6.31.